The molecule has 0 saturated carbocycles. The number of rotatable bonds is 2. The van der Waals surface area contributed by atoms with E-state index in [-0.39, 0.29) is 0 Å². The largest absolute Gasteiger partial charge is 0.330 e. The molecular weight excluding hydrogens is 210 g/mol. The second-order valence-electron chi connectivity index (χ2n) is 6.56. The van der Waals surface area contributed by atoms with Gasteiger partial charge in [0, 0.05) is 30.7 Å². The van der Waals surface area contributed by atoms with E-state index in [1.165, 1.54) is 38.6 Å². The van der Waals surface area contributed by atoms with Crippen LogP contribution in [0.3, 0.4) is 0 Å². The van der Waals surface area contributed by atoms with E-state index >= 15 is 0 Å². The Morgan fingerprint density at radius 3 is 2.24 bits per heavy atom. The number of likely N-dealkylation sites (tertiary alicyclic amines) is 1. The summed E-state index contributed by atoms with van der Waals surface area (Å²) < 4.78 is 0. The Bertz CT molecular complexity index is 267. The maximum Gasteiger partial charge on any atom is 0.0128 e. The molecule has 0 aromatic carbocycles. The van der Waals surface area contributed by atoms with Crippen molar-refractivity contribution in [1.82, 2.24) is 9.80 Å². The van der Waals surface area contributed by atoms with Crippen LogP contribution in [0.2, 0.25) is 0 Å². The van der Waals surface area contributed by atoms with Gasteiger partial charge in [0.1, 0.15) is 0 Å². The van der Waals surface area contributed by atoms with Crippen LogP contribution in [0.4, 0.5) is 0 Å². The van der Waals surface area contributed by atoms with Crippen molar-refractivity contribution >= 4 is 0 Å². The third kappa shape index (κ3) is 2.02. The Kier molecular flexibility index (Phi) is 3.18. The van der Waals surface area contributed by atoms with Crippen molar-refractivity contribution in [3.05, 3.63) is 0 Å². The predicted molar refractivity (Wildman–Crippen MR) is 70.9 cm³/mol. The molecule has 17 heavy (non-hydrogen) atoms. The summed E-state index contributed by atoms with van der Waals surface area (Å²) in [6, 6.07) is 3.33. The zero-order valence-electron chi connectivity index (χ0n) is 11.3. The van der Waals surface area contributed by atoms with E-state index < -0.39 is 0 Å². The normalized spacial score (nSPS) is 47.8. The minimum Gasteiger partial charge on any atom is -0.330 e. The standard InChI is InChI=1S/C14H27N3/c1-10-5-11(8-15)9-17(10)14-6-12-3-4-13(7-14)16(12)2/h10-14H,3-9,15H2,1-2H3. The summed E-state index contributed by atoms with van der Waals surface area (Å²) in [6.07, 6.45) is 6.97. The lowest BCUT2D eigenvalue weighted by Crippen LogP contribution is -2.50. The lowest BCUT2D eigenvalue weighted by Gasteiger charge is -2.42. The van der Waals surface area contributed by atoms with Crippen molar-refractivity contribution in [2.24, 2.45) is 11.7 Å². The van der Waals surface area contributed by atoms with Crippen LogP contribution in [0.1, 0.15) is 39.0 Å². The summed E-state index contributed by atoms with van der Waals surface area (Å²) in [4.78, 5) is 5.41. The van der Waals surface area contributed by atoms with Gasteiger partial charge in [0.25, 0.3) is 0 Å². The second-order valence-corrected chi connectivity index (χ2v) is 6.56. The summed E-state index contributed by atoms with van der Waals surface area (Å²) in [7, 11) is 2.33. The van der Waals surface area contributed by atoms with E-state index in [4.69, 9.17) is 5.73 Å². The fourth-order valence-electron chi connectivity index (χ4n) is 4.50. The fourth-order valence-corrected chi connectivity index (χ4v) is 4.50. The molecule has 3 fully saturated rings. The number of fused-ring (bicyclic) bond motifs is 2. The van der Waals surface area contributed by atoms with Crippen LogP contribution in [0.15, 0.2) is 0 Å². The Hall–Kier alpha value is -0.120. The quantitative estimate of drug-likeness (QED) is 0.785. The second kappa shape index (κ2) is 4.52. The van der Waals surface area contributed by atoms with Crippen LogP contribution in [0, 0.1) is 5.92 Å². The van der Waals surface area contributed by atoms with Gasteiger partial charge in [0.15, 0.2) is 0 Å². The molecule has 4 atom stereocenters. The average molecular weight is 237 g/mol. The lowest BCUT2D eigenvalue weighted by atomic mass is 9.96. The topological polar surface area (TPSA) is 32.5 Å². The molecule has 3 aliphatic rings. The molecule has 0 aromatic rings. The summed E-state index contributed by atoms with van der Waals surface area (Å²) in [6.45, 7) is 4.53. The molecule has 0 radical (unpaired) electrons. The van der Waals surface area contributed by atoms with Crippen LogP contribution < -0.4 is 5.73 Å². The number of hydrogen-bond acceptors (Lipinski definition) is 3. The zero-order valence-corrected chi connectivity index (χ0v) is 11.3. The first-order valence-electron chi connectivity index (χ1n) is 7.36. The first kappa shape index (κ1) is 11.9. The highest BCUT2D eigenvalue weighted by molar-refractivity contribution is 4.99. The van der Waals surface area contributed by atoms with Gasteiger partial charge in [-0.2, -0.15) is 0 Å². The molecule has 3 nitrogen and oxygen atoms in total. The van der Waals surface area contributed by atoms with Crippen LogP contribution in [-0.4, -0.2) is 54.1 Å². The van der Waals surface area contributed by atoms with Gasteiger partial charge in [0.2, 0.25) is 0 Å². The molecule has 2 N–H and O–H groups in total. The van der Waals surface area contributed by atoms with Crippen LogP contribution in [0.25, 0.3) is 0 Å². The van der Waals surface area contributed by atoms with Gasteiger partial charge in [-0.15, -0.1) is 0 Å². The van der Waals surface area contributed by atoms with Crippen LogP contribution in [0.5, 0.6) is 0 Å². The molecule has 4 unspecified atom stereocenters. The number of nitrogens with zero attached hydrogens (tertiary/aromatic N) is 2. The van der Waals surface area contributed by atoms with E-state index in [0.29, 0.717) is 0 Å². The van der Waals surface area contributed by atoms with E-state index in [1.807, 2.05) is 0 Å². The molecule has 3 rings (SSSR count). The van der Waals surface area contributed by atoms with Crippen LogP contribution >= 0.6 is 0 Å². The van der Waals surface area contributed by atoms with E-state index in [0.717, 1.165) is 36.6 Å². The molecule has 3 heteroatoms. The first-order valence-corrected chi connectivity index (χ1v) is 7.36. The summed E-state index contributed by atoms with van der Waals surface area (Å²) in [5, 5.41) is 0. The number of nitrogens with two attached hydrogens (primary N) is 1. The minimum atomic E-state index is 0.752. The van der Waals surface area contributed by atoms with Gasteiger partial charge < -0.3 is 10.6 Å². The molecule has 3 saturated heterocycles. The van der Waals surface area contributed by atoms with Gasteiger partial charge in [-0.1, -0.05) is 0 Å². The Balaban J connectivity index is 1.66. The third-order valence-electron chi connectivity index (χ3n) is 5.59. The monoisotopic (exact) mass is 237 g/mol. The van der Waals surface area contributed by atoms with Crippen molar-refractivity contribution in [2.75, 3.05) is 20.1 Å². The molecular formula is C14H27N3. The van der Waals surface area contributed by atoms with Gasteiger partial charge >= 0.3 is 0 Å². The molecule has 0 spiro atoms. The summed E-state index contributed by atoms with van der Waals surface area (Å²) >= 11 is 0. The zero-order chi connectivity index (χ0) is 12.0. The highest BCUT2D eigenvalue weighted by Gasteiger charge is 2.43. The van der Waals surface area contributed by atoms with Crippen molar-refractivity contribution in [2.45, 2.75) is 63.2 Å². The SMILES string of the molecule is CC1CC(CN)CN1C1CC2CCC(C1)N2C. The van der Waals surface area contributed by atoms with Crippen molar-refractivity contribution in [3.8, 4) is 0 Å². The van der Waals surface area contributed by atoms with Crippen molar-refractivity contribution in [3.63, 3.8) is 0 Å². The fraction of sp³-hybridized carbons (Fsp3) is 1.00. The molecule has 2 bridgehead atoms. The molecule has 3 aliphatic heterocycles. The average Bonchev–Trinajstić information content (AvgIpc) is 2.76. The van der Waals surface area contributed by atoms with Crippen LogP contribution in [-0.2, 0) is 0 Å². The molecule has 0 amide bonds. The lowest BCUT2D eigenvalue weighted by molar-refractivity contribution is 0.0705. The highest BCUT2D eigenvalue weighted by Crippen LogP contribution is 2.38. The number of piperidine rings is 1. The molecule has 0 aromatic heterocycles. The molecule has 98 valence electrons. The van der Waals surface area contributed by atoms with Crippen molar-refractivity contribution in [1.29, 1.82) is 0 Å². The highest BCUT2D eigenvalue weighted by atomic mass is 15.3. The van der Waals surface area contributed by atoms with E-state index in [2.05, 4.69) is 23.8 Å². The van der Waals surface area contributed by atoms with Crippen molar-refractivity contribution < 1.29 is 0 Å². The third-order valence-corrected chi connectivity index (χ3v) is 5.59. The first-order chi connectivity index (χ1) is 8.19. The number of hydrogen-bond donors (Lipinski definition) is 1. The van der Waals surface area contributed by atoms with E-state index in [9.17, 15) is 0 Å². The Morgan fingerprint density at radius 1 is 1.06 bits per heavy atom. The van der Waals surface area contributed by atoms with Gasteiger partial charge in [-0.3, -0.25) is 4.90 Å². The summed E-state index contributed by atoms with van der Waals surface area (Å²) in [5.41, 5.74) is 5.84. The van der Waals surface area contributed by atoms with Gasteiger partial charge in [-0.25, -0.2) is 0 Å². The summed E-state index contributed by atoms with van der Waals surface area (Å²) in [5.74, 6) is 0.752. The molecule has 0 aliphatic carbocycles. The minimum absolute atomic E-state index is 0.752. The predicted octanol–water partition coefficient (Wildman–Crippen LogP) is 1.28. The maximum atomic E-state index is 5.84. The maximum absolute atomic E-state index is 5.84. The Labute approximate surface area is 105 Å². The van der Waals surface area contributed by atoms with Gasteiger partial charge in [-0.05, 0) is 58.5 Å². The molecule has 3 heterocycles. The van der Waals surface area contributed by atoms with E-state index in [1.54, 1.807) is 0 Å². The smallest absolute Gasteiger partial charge is 0.0128 e. The Morgan fingerprint density at radius 2 is 1.71 bits per heavy atom. The van der Waals surface area contributed by atoms with Gasteiger partial charge in [0.05, 0.1) is 0 Å².